The van der Waals surface area contributed by atoms with Gasteiger partial charge in [-0.15, -0.1) is 0 Å². The Hall–Kier alpha value is -1.76. The highest BCUT2D eigenvalue weighted by Crippen LogP contribution is 2.18. The van der Waals surface area contributed by atoms with Crippen LogP contribution in [0.25, 0.3) is 0 Å². The molecule has 0 spiro atoms. The van der Waals surface area contributed by atoms with Crippen LogP contribution in [-0.2, 0) is 17.8 Å². The number of nitrogens with zero attached hydrogens (tertiary/aromatic N) is 1. The summed E-state index contributed by atoms with van der Waals surface area (Å²) >= 11 is 3.23. The van der Waals surface area contributed by atoms with E-state index in [2.05, 4.69) is 32.2 Å². The maximum absolute atomic E-state index is 13.2. The van der Waals surface area contributed by atoms with Gasteiger partial charge in [-0.25, -0.2) is 4.39 Å². The molecule has 2 aromatic rings. The summed E-state index contributed by atoms with van der Waals surface area (Å²) in [6.45, 7) is 4.64. The van der Waals surface area contributed by atoms with E-state index in [1.165, 1.54) is 23.8 Å². The molecule has 3 rings (SSSR count). The number of carbonyl (C=O) groups excluding carboxylic acids is 1. The molecular formula is C19H20BrFN2O2. The monoisotopic (exact) mass is 406 g/mol. The van der Waals surface area contributed by atoms with E-state index < -0.39 is 0 Å². The number of carbonyl (C=O) groups is 1. The van der Waals surface area contributed by atoms with Crippen LogP contribution in [0.15, 0.2) is 46.9 Å². The lowest BCUT2D eigenvalue weighted by molar-refractivity contribution is 0.0340. The minimum atomic E-state index is -0.376. The molecule has 0 aliphatic carbocycles. The van der Waals surface area contributed by atoms with Crippen LogP contribution < -0.4 is 5.32 Å². The molecule has 1 amide bonds. The SMILES string of the molecule is O=C(NCc1ccccc1CN1CCOCC1)c1ccc(F)cc1Br. The van der Waals surface area contributed by atoms with Gasteiger partial charge in [-0.05, 0) is 45.3 Å². The molecular weight excluding hydrogens is 387 g/mol. The lowest BCUT2D eigenvalue weighted by Crippen LogP contribution is -2.36. The Balaban J connectivity index is 1.65. The molecule has 0 aromatic heterocycles. The van der Waals surface area contributed by atoms with E-state index in [1.807, 2.05) is 18.2 Å². The Labute approximate surface area is 155 Å². The first-order valence-electron chi connectivity index (χ1n) is 8.23. The number of hydrogen-bond donors (Lipinski definition) is 1. The Morgan fingerprint density at radius 1 is 1.16 bits per heavy atom. The Morgan fingerprint density at radius 2 is 1.88 bits per heavy atom. The third-order valence-corrected chi connectivity index (χ3v) is 4.89. The average Bonchev–Trinajstić information content (AvgIpc) is 2.61. The second kappa shape index (κ2) is 8.56. The topological polar surface area (TPSA) is 41.6 Å². The third-order valence-electron chi connectivity index (χ3n) is 4.23. The minimum absolute atomic E-state index is 0.229. The van der Waals surface area contributed by atoms with Crippen LogP contribution in [0, 0.1) is 5.82 Å². The fourth-order valence-electron chi connectivity index (χ4n) is 2.83. The number of rotatable bonds is 5. The highest BCUT2D eigenvalue weighted by Gasteiger charge is 2.14. The van der Waals surface area contributed by atoms with Crippen molar-refractivity contribution in [2.75, 3.05) is 26.3 Å². The van der Waals surface area contributed by atoms with Gasteiger partial charge >= 0.3 is 0 Å². The van der Waals surface area contributed by atoms with Crippen LogP contribution in [0.5, 0.6) is 0 Å². The molecule has 0 atom stereocenters. The van der Waals surface area contributed by atoms with Crippen molar-refractivity contribution in [3.8, 4) is 0 Å². The first kappa shape index (κ1) is 18.0. The Morgan fingerprint density at radius 3 is 2.60 bits per heavy atom. The molecule has 1 saturated heterocycles. The van der Waals surface area contributed by atoms with Gasteiger partial charge in [0.2, 0.25) is 0 Å². The third kappa shape index (κ3) is 4.87. The quantitative estimate of drug-likeness (QED) is 0.827. The molecule has 132 valence electrons. The first-order valence-corrected chi connectivity index (χ1v) is 9.03. The highest BCUT2D eigenvalue weighted by atomic mass is 79.9. The zero-order valence-electron chi connectivity index (χ0n) is 13.8. The van der Waals surface area contributed by atoms with E-state index in [9.17, 15) is 9.18 Å². The number of hydrogen-bond acceptors (Lipinski definition) is 3. The average molecular weight is 407 g/mol. The van der Waals surface area contributed by atoms with Gasteiger partial charge < -0.3 is 10.1 Å². The van der Waals surface area contributed by atoms with Crippen LogP contribution in [0.4, 0.5) is 4.39 Å². The van der Waals surface area contributed by atoms with Crippen molar-refractivity contribution in [3.63, 3.8) is 0 Å². The van der Waals surface area contributed by atoms with Crippen molar-refractivity contribution in [1.82, 2.24) is 10.2 Å². The molecule has 1 fully saturated rings. The van der Waals surface area contributed by atoms with E-state index in [-0.39, 0.29) is 11.7 Å². The van der Waals surface area contributed by atoms with Crippen molar-refractivity contribution in [2.45, 2.75) is 13.1 Å². The van der Waals surface area contributed by atoms with Gasteiger partial charge in [0.15, 0.2) is 0 Å². The maximum Gasteiger partial charge on any atom is 0.252 e. The summed E-state index contributed by atoms with van der Waals surface area (Å²) in [6, 6.07) is 12.2. The fourth-order valence-corrected chi connectivity index (χ4v) is 3.36. The van der Waals surface area contributed by atoms with Crippen LogP contribution in [0.1, 0.15) is 21.5 Å². The number of amides is 1. The molecule has 0 bridgehead atoms. The van der Waals surface area contributed by atoms with Gasteiger partial charge in [0.25, 0.3) is 5.91 Å². The van der Waals surface area contributed by atoms with Gasteiger partial charge in [-0.1, -0.05) is 24.3 Å². The van der Waals surface area contributed by atoms with Crippen molar-refractivity contribution in [1.29, 1.82) is 0 Å². The second-order valence-corrected chi connectivity index (χ2v) is 6.82. The molecule has 1 heterocycles. The van der Waals surface area contributed by atoms with Crippen molar-refractivity contribution in [2.24, 2.45) is 0 Å². The smallest absolute Gasteiger partial charge is 0.252 e. The zero-order chi connectivity index (χ0) is 17.6. The van der Waals surface area contributed by atoms with Crippen LogP contribution >= 0.6 is 15.9 Å². The molecule has 1 aliphatic heterocycles. The lowest BCUT2D eigenvalue weighted by Gasteiger charge is -2.27. The molecule has 0 saturated carbocycles. The summed E-state index contributed by atoms with van der Waals surface area (Å²) < 4.78 is 19.0. The Bertz CT molecular complexity index is 748. The summed E-state index contributed by atoms with van der Waals surface area (Å²) in [5.41, 5.74) is 2.70. The molecule has 25 heavy (non-hydrogen) atoms. The van der Waals surface area contributed by atoms with E-state index >= 15 is 0 Å². The van der Waals surface area contributed by atoms with Gasteiger partial charge in [-0.3, -0.25) is 9.69 Å². The number of halogens is 2. The molecule has 0 unspecified atom stereocenters. The largest absolute Gasteiger partial charge is 0.379 e. The maximum atomic E-state index is 13.2. The summed E-state index contributed by atoms with van der Waals surface area (Å²) in [5, 5.41) is 2.92. The lowest BCUT2D eigenvalue weighted by atomic mass is 10.1. The highest BCUT2D eigenvalue weighted by molar-refractivity contribution is 9.10. The summed E-state index contributed by atoms with van der Waals surface area (Å²) in [6.07, 6.45) is 0. The van der Waals surface area contributed by atoms with Gasteiger partial charge in [0.1, 0.15) is 5.82 Å². The van der Waals surface area contributed by atoms with Crippen LogP contribution in [0.3, 0.4) is 0 Å². The van der Waals surface area contributed by atoms with Gasteiger partial charge in [0.05, 0.1) is 18.8 Å². The summed E-state index contributed by atoms with van der Waals surface area (Å²) in [4.78, 5) is 14.7. The van der Waals surface area contributed by atoms with E-state index in [0.29, 0.717) is 16.6 Å². The number of nitrogens with one attached hydrogen (secondary N) is 1. The normalized spacial score (nSPS) is 15.1. The predicted octanol–water partition coefficient (Wildman–Crippen LogP) is 3.35. The standard InChI is InChI=1S/C19H20BrFN2O2/c20-18-11-16(21)5-6-17(18)19(24)22-12-14-3-1-2-4-15(14)13-23-7-9-25-10-8-23/h1-6,11H,7-10,12-13H2,(H,22,24). The van der Waals surface area contributed by atoms with Crippen molar-refractivity contribution < 1.29 is 13.9 Å². The number of benzene rings is 2. The van der Waals surface area contributed by atoms with E-state index in [0.717, 1.165) is 38.4 Å². The predicted molar refractivity (Wildman–Crippen MR) is 97.8 cm³/mol. The van der Waals surface area contributed by atoms with Gasteiger partial charge in [0, 0.05) is 30.7 Å². The van der Waals surface area contributed by atoms with E-state index in [4.69, 9.17) is 4.74 Å². The first-order chi connectivity index (χ1) is 12.1. The molecule has 1 aliphatic rings. The van der Waals surface area contributed by atoms with Crippen LogP contribution in [0.2, 0.25) is 0 Å². The molecule has 0 radical (unpaired) electrons. The number of morpholine rings is 1. The van der Waals surface area contributed by atoms with Gasteiger partial charge in [-0.2, -0.15) is 0 Å². The fraction of sp³-hybridized carbons (Fsp3) is 0.316. The molecule has 2 aromatic carbocycles. The second-order valence-electron chi connectivity index (χ2n) is 5.96. The molecule has 4 nitrogen and oxygen atoms in total. The molecule has 6 heteroatoms. The zero-order valence-corrected chi connectivity index (χ0v) is 15.4. The summed E-state index contributed by atoms with van der Waals surface area (Å²) in [7, 11) is 0. The van der Waals surface area contributed by atoms with Crippen molar-refractivity contribution in [3.05, 3.63) is 69.4 Å². The van der Waals surface area contributed by atoms with Crippen molar-refractivity contribution >= 4 is 21.8 Å². The van der Waals surface area contributed by atoms with E-state index in [1.54, 1.807) is 0 Å². The Kier molecular flexibility index (Phi) is 6.18. The van der Waals surface area contributed by atoms with Crippen LogP contribution in [-0.4, -0.2) is 37.1 Å². The number of ether oxygens (including phenoxy) is 1. The molecule has 1 N–H and O–H groups in total. The minimum Gasteiger partial charge on any atom is -0.379 e. The summed E-state index contributed by atoms with van der Waals surface area (Å²) in [5.74, 6) is -0.604.